The number of rotatable bonds is 8. The van der Waals surface area contributed by atoms with E-state index in [0.29, 0.717) is 50.2 Å². The largest absolute Gasteiger partial charge is 0.478 e. The Labute approximate surface area is 150 Å². The average molecular weight is 374 g/mol. The van der Waals surface area contributed by atoms with Gasteiger partial charge in [-0.05, 0) is 51.6 Å². The highest BCUT2D eigenvalue weighted by Crippen LogP contribution is 2.28. The van der Waals surface area contributed by atoms with E-state index in [2.05, 4.69) is 9.97 Å². The van der Waals surface area contributed by atoms with Gasteiger partial charge >= 0.3 is 12.3 Å². The van der Waals surface area contributed by atoms with E-state index in [1.165, 1.54) is 11.0 Å². The zero-order valence-corrected chi connectivity index (χ0v) is 14.6. The first-order valence-electron chi connectivity index (χ1n) is 8.57. The van der Waals surface area contributed by atoms with Crippen LogP contribution in [0.3, 0.4) is 0 Å². The van der Waals surface area contributed by atoms with Crippen LogP contribution in [0.1, 0.15) is 37.2 Å². The Morgan fingerprint density at radius 2 is 2.04 bits per heavy atom. The highest BCUT2D eigenvalue weighted by molar-refractivity contribution is 5.25. The zero-order chi connectivity index (χ0) is 19.2. The number of nitrogens with zero attached hydrogens (tertiary/aromatic N) is 4. The lowest BCUT2D eigenvalue weighted by Gasteiger charge is -2.33. The topological polar surface area (TPSA) is 62.0 Å². The summed E-state index contributed by atoms with van der Waals surface area (Å²) in [6.07, 6.45) is -0.559. The minimum Gasteiger partial charge on any atom is -0.478 e. The van der Waals surface area contributed by atoms with Gasteiger partial charge in [-0.1, -0.05) is 0 Å². The number of nitriles is 1. The third-order valence-electron chi connectivity index (χ3n) is 4.40. The summed E-state index contributed by atoms with van der Waals surface area (Å²) in [4.78, 5) is 9.45. The van der Waals surface area contributed by atoms with Crippen molar-refractivity contribution in [1.29, 1.82) is 5.26 Å². The summed E-state index contributed by atoms with van der Waals surface area (Å²) in [7, 11) is 0. The maximum absolute atomic E-state index is 13.1. The van der Waals surface area contributed by atoms with Crippen LogP contribution in [0, 0.1) is 24.2 Å². The molecule has 1 aliphatic heterocycles. The van der Waals surface area contributed by atoms with E-state index >= 15 is 0 Å². The molecule has 144 valence electrons. The van der Waals surface area contributed by atoms with Crippen LogP contribution in [-0.4, -0.2) is 53.5 Å². The Morgan fingerprint density at radius 3 is 2.65 bits per heavy atom. The Kier molecular flexibility index (Phi) is 7.14. The van der Waals surface area contributed by atoms with E-state index in [1.807, 2.05) is 6.07 Å². The average Bonchev–Trinajstić information content (AvgIpc) is 2.59. The molecule has 0 atom stereocenters. The monoisotopic (exact) mass is 374 g/mol. The maximum Gasteiger partial charge on any atom is 0.319 e. The summed E-state index contributed by atoms with van der Waals surface area (Å²) in [5.74, 6) is -2.75. The number of hydrogen-bond donors (Lipinski definition) is 0. The van der Waals surface area contributed by atoms with Crippen molar-refractivity contribution in [2.45, 2.75) is 45.0 Å². The van der Waals surface area contributed by atoms with E-state index in [4.69, 9.17) is 10.00 Å². The van der Waals surface area contributed by atoms with Crippen LogP contribution in [0.15, 0.2) is 6.07 Å². The Morgan fingerprint density at radius 1 is 1.35 bits per heavy atom. The molecule has 1 fully saturated rings. The Bertz CT molecular complexity index is 628. The molecule has 9 heteroatoms. The summed E-state index contributed by atoms with van der Waals surface area (Å²) < 4.78 is 56.2. The molecule has 0 amide bonds. The molecule has 2 rings (SSSR count). The summed E-state index contributed by atoms with van der Waals surface area (Å²) >= 11 is 0. The van der Waals surface area contributed by atoms with Gasteiger partial charge in [0.2, 0.25) is 5.88 Å². The van der Waals surface area contributed by atoms with E-state index in [-0.39, 0.29) is 5.69 Å². The predicted octanol–water partition coefficient (Wildman–Crippen LogP) is 3.43. The molecule has 5 nitrogen and oxygen atoms in total. The number of hydrogen-bond acceptors (Lipinski definition) is 5. The summed E-state index contributed by atoms with van der Waals surface area (Å²) in [6.45, 7) is 2.05. The van der Waals surface area contributed by atoms with Gasteiger partial charge < -0.3 is 4.74 Å². The fourth-order valence-electron chi connectivity index (χ4n) is 3.02. The number of aryl methyl sites for hydroxylation is 1. The fraction of sp³-hybridized carbons (Fsp3) is 0.706. The molecule has 0 aliphatic carbocycles. The second-order valence-electron chi connectivity index (χ2n) is 6.52. The number of aromatic nitrogens is 2. The molecule has 1 aromatic rings. The summed E-state index contributed by atoms with van der Waals surface area (Å²) in [5.41, 5.74) is 0.250. The molecule has 0 spiro atoms. The molecule has 0 N–H and O–H groups in total. The van der Waals surface area contributed by atoms with Gasteiger partial charge in [0, 0.05) is 6.07 Å². The van der Waals surface area contributed by atoms with Gasteiger partial charge in [0.05, 0.1) is 13.2 Å². The van der Waals surface area contributed by atoms with Gasteiger partial charge in [-0.15, -0.1) is 0 Å². The number of halogens is 4. The van der Waals surface area contributed by atoms with Crippen LogP contribution in [0.2, 0.25) is 0 Å². The standard InChI is InChI=1S/C17H22F4N4O/c1-12-23-14(10-22)9-15(24-12)26-8-2-3-13-4-6-25(7-5-13)11-17(20,21)16(18)19/h9,13,16H,2-8,11H2,1H3. The Hall–Kier alpha value is -1.95. The first-order chi connectivity index (χ1) is 12.3. The van der Waals surface area contributed by atoms with Gasteiger partial charge in [0.1, 0.15) is 17.6 Å². The van der Waals surface area contributed by atoms with Crippen LogP contribution >= 0.6 is 0 Å². The van der Waals surface area contributed by atoms with Crippen LogP contribution in [0.4, 0.5) is 17.6 Å². The number of likely N-dealkylation sites (tertiary alicyclic amines) is 1. The SMILES string of the molecule is Cc1nc(C#N)cc(OCCCC2CCN(CC(F)(F)C(F)F)CC2)n1. The van der Waals surface area contributed by atoms with Gasteiger partial charge in [0.15, 0.2) is 0 Å². The van der Waals surface area contributed by atoms with E-state index in [9.17, 15) is 17.6 Å². The smallest absolute Gasteiger partial charge is 0.319 e. The molecule has 0 aromatic carbocycles. The molecular weight excluding hydrogens is 352 g/mol. The first kappa shape index (κ1) is 20.4. The van der Waals surface area contributed by atoms with E-state index < -0.39 is 18.9 Å². The molecule has 1 aliphatic rings. The first-order valence-corrected chi connectivity index (χ1v) is 8.57. The van der Waals surface area contributed by atoms with Crippen molar-refractivity contribution in [3.05, 3.63) is 17.6 Å². The van der Waals surface area contributed by atoms with Crippen LogP contribution in [0.25, 0.3) is 0 Å². The minimum atomic E-state index is -3.95. The van der Waals surface area contributed by atoms with Crippen molar-refractivity contribution in [3.63, 3.8) is 0 Å². The lowest BCUT2D eigenvalue weighted by Crippen LogP contribution is -2.45. The third kappa shape index (κ3) is 6.09. The molecule has 2 heterocycles. The third-order valence-corrected chi connectivity index (χ3v) is 4.40. The lowest BCUT2D eigenvalue weighted by molar-refractivity contribution is -0.144. The highest BCUT2D eigenvalue weighted by Gasteiger charge is 2.42. The quantitative estimate of drug-likeness (QED) is 0.515. The van der Waals surface area contributed by atoms with E-state index in [1.54, 1.807) is 6.92 Å². The maximum atomic E-state index is 13.1. The highest BCUT2D eigenvalue weighted by atomic mass is 19.3. The molecule has 0 bridgehead atoms. The molecule has 26 heavy (non-hydrogen) atoms. The molecule has 0 unspecified atom stereocenters. The molecule has 1 saturated heterocycles. The lowest BCUT2D eigenvalue weighted by atomic mass is 9.92. The van der Waals surface area contributed by atoms with Crippen LogP contribution < -0.4 is 4.74 Å². The number of ether oxygens (including phenoxy) is 1. The molecule has 0 radical (unpaired) electrons. The zero-order valence-electron chi connectivity index (χ0n) is 14.6. The molecular formula is C17H22F4N4O. The minimum absolute atomic E-state index is 0.250. The molecule has 0 saturated carbocycles. The van der Waals surface area contributed by atoms with Crippen LogP contribution in [-0.2, 0) is 0 Å². The normalized spacial score (nSPS) is 16.7. The summed E-state index contributed by atoms with van der Waals surface area (Å²) in [6, 6.07) is 3.42. The number of alkyl halides is 4. The second-order valence-corrected chi connectivity index (χ2v) is 6.52. The van der Waals surface area contributed by atoms with Crippen molar-refractivity contribution in [1.82, 2.24) is 14.9 Å². The van der Waals surface area contributed by atoms with Crippen molar-refractivity contribution in [2.75, 3.05) is 26.2 Å². The summed E-state index contributed by atoms with van der Waals surface area (Å²) in [5, 5.41) is 8.86. The van der Waals surface area contributed by atoms with E-state index in [0.717, 1.165) is 12.8 Å². The Balaban J connectivity index is 1.66. The second kappa shape index (κ2) is 9.12. The van der Waals surface area contributed by atoms with Gasteiger partial charge in [-0.3, -0.25) is 4.90 Å². The predicted molar refractivity (Wildman–Crippen MR) is 86.3 cm³/mol. The van der Waals surface area contributed by atoms with Crippen molar-refractivity contribution >= 4 is 0 Å². The van der Waals surface area contributed by atoms with Crippen LogP contribution in [0.5, 0.6) is 5.88 Å². The van der Waals surface area contributed by atoms with Crippen molar-refractivity contribution in [2.24, 2.45) is 5.92 Å². The number of piperidine rings is 1. The van der Waals surface area contributed by atoms with Gasteiger partial charge in [-0.25, -0.2) is 13.8 Å². The molecule has 1 aromatic heterocycles. The van der Waals surface area contributed by atoms with Crippen molar-refractivity contribution < 1.29 is 22.3 Å². The van der Waals surface area contributed by atoms with Gasteiger partial charge in [-0.2, -0.15) is 19.0 Å². The fourth-order valence-corrected chi connectivity index (χ4v) is 3.02. The van der Waals surface area contributed by atoms with Crippen molar-refractivity contribution in [3.8, 4) is 11.9 Å². The van der Waals surface area contributed by atoms with Gasteiger partial charge in [0.25, 0.3) is 0 Å².